The maximum Gasteiger partial charge on any atom is 0.228 e. The van der Waals surface area contributed by atoms with Crippen LogP contribution in [-0.4, -0.2) is 47.4 Å². The summed E-state index contributed by atoms with van der Waals surface area (Å²) in [5.74, 6) is 1.19. The number of nitrogens with one attached hydrogen (secondary N) is 2. The molecule has 3 fully saturated rings. The minimum Gasteiger partial charge on any atom is -0.348 e. The zero-order valence-electron chi connectivity index (χ0n) is 23.0. The van der Waals surface area contributed by atoms with Crippen molar-refractivity contribution in [1.82, 2.24) is 20.5 Å². The Balaban J connectivity index is 1.31. The molecule has 1 saturated carbocycles. The van der Waals surface area contributed by atoms with E-state index in [1.165, 1.54) is 37.7 Å². The van der Waals surface area contributed by atoms with Crippen LogP contribution in [-0.2, 0) is 15.0 Å². The van der Waals surface area contributed by atoms with Crippen LogP contribution in [0.25, 0.3) is 0 Å². The van der Waals surface area contributed by atoms with E-state index in [1.807, 2.05) is 6.07 Å². The second-order valence-electron chi connectivity index (χ2n) is 12.3. The molecule has 2 unspecified atom stereocenters. The Hall–Kier alpha value is -2.44. The first-order valence-corrected chi connectivity index (χ1v) is 15.3. The quantitative estimate of drug-likeness (QED) is 0.493. The highest BCUT2D eigenvalue weighted by molar-refractivity contribution is 6.29. The van der Waals surface area contributed by atoms with Gasteiger partial charge in [0.2, 0.25) is 11.8 Å². The minimum absolute atomic E-state index is 0.0718. The molecule has 2 N–H and O–H groups in total. The van der Waals surface area contributed by atoms with Crippen LogP contribution in [0.15, 0.2) is 42.5 Å². The Labute approximate surface area is 237 Å². The number of rotatable bonds is 4. The number of pyridine rings is 1. The number of fused-ring (bicyclic) bond motifs is 2. The summed E-state index contributed by atoms with van der Waals surface area (Å²) in [4.78, 5) is 33.7. The first kappa shape index (κ1) is 26.8. The second kappa shape index (κ2) is 11.2. The standard InChI is InChI=1S/C32H41ClN4O2/c1-21(38)35-27-14-16-32(25-12-13-29(33)36-30(25)27)20-34-19-26(32)31(39)37-17-15-24(22-8-4-2-5-9-22)18-28(37)23-10-6-3-7-11-23/h2,4-5,8-9,12-13,23-24,26-28,34H,3,6-7,10-11,14-20H2,1H3,(H,35,38)/t24-,26?,27?,28+,32+/m1/s1. The largest absolute Gasteiger partial charge is 0.348 e. The summed E-state index contributed by atoms with van der Waals surface area (Å²) in [7, 11) is 0. The van der Waals surface area contributed by atoms with Gasteiger partial charge in [-0.1, -0.05) is 67.3 Å². The van der Waals surface area contributed by atoms with Crippen molar-refractivity contribution in [2.45, 2.75) is 88.1 Å². The lowest BCUT2D eigenvalue weighted by atomic mass is 9.63. The zero-order valence-corrected chi connectivity index (χ0v) is 23.8. The highest BCUT2D eigenvalue weighted by Crippen LogP contribution is 2.49. The molecule has 4 aliphatic rings. The smallest absolute Gasteiger partial charge is 0.228 e. The Bertz CT molecular complexity index is 1200. The predicted octanol–water partition coefficient (Wildman–Crippen LogP) is 5.52. The van der Waals surface area contributed by atoms with Gasteiger partial charge in [0.05, 0.1) is 17.7 Å². The first-order chi connectivity index (χ1) is 19.0. The molecule has 6 rings (SSSR count). The molecule has 1 aromatic carbocycles. The van der Waals surface area contributed by atoms with Gasteiger partial charge in [0.15, 0.2) is 0 Å². The summed E-state index contributed by atoms with van der Waals surface area (Å²) < 4.78 is 0. The normalized spacial score (nSPS) is 31.2. The number of benzene rings is 1. The van der Waals surface area contributed by atoms with Crippen LogP contribution in [0.5, 0.6) is 0 Å². The number of hydrogen-bond acceptors (Lipinski definition) is 4. The predicted molar refractivity (Wildman–Crippen MR) is 154 cm³/mol. The van der Waals surface area contributed by atoms with E-state index in [4.69, 9.17) is 16.6 Å². The lowest BCUT2D eigenvalue weighted by Gasteiger charge is -2.48. The molecule has 1 spiro atoms. The number of carbonyl (C=O) groups excluding carboxylic acids is 2. The minimum atomic E-state index is -0.327. The fourth-order valence-electron chi connectivity index (χ4n) is 8.29. The molecule has 2 aromatic rings. The van der Waals surface area contributed by atoms with Gasteiger partial charge in [-0.15, -0.1) is 0 Å². The number of likely N-dealkylation sites (tertiary alicyclic amines) is 1. The molecule has 2 amide bonds. The van der Waals surface area contributed by atoms with Crippen molar-refractivity contribution in [3.8, 4) is 0 Å². The van der Waals surface area contributed by atoms with Gasteiger partial charge in [0.25, 0.3) is 0 Å². The fourth-order valence-corrected chi connectivity index (χ4v) is 8.44. The Morgan fingerprint density at radius 1 is 1.05 bits per heavy atom. The molecule has 7 heteroatoms. The SMILES string of the molecule is CC(=O)NC1CC[C@]2(CNCC2C(=O)N2CC[C@@H](c3ccccc3)C[C@H]2C2CCCCC2)c2ccc(Cl)nc21. The lowest BCUT2D eigenvalue weighted by Crippen LogP contribution is -2.55. The van der Waals surface area contributed by atoms with Gasteiger partial charge in [0.1, 0.15) is 5.15 Å². The number of amides is 2. The summed E-state index contributed by atoms with van der Waals surface area (Å²) in [5.41, 5.74) is 3.00. The van der Waals surface area contributed by atoms with Gasteiger partial charge in [-0.2, -0.15) is 0 Å². The van der Waals surface area contributed by atoms with Crippen LogP contribution in [0.2, 0.25) is 5.15 Å². The summed E-state index contributed by atoms with van der Waals surface area (Å²) >= 11 is 6.35. The van der Waals surface area contributed by atoms with Crippen LogP contribution in [0.3, 0.4) is 0 Å². The maximum absolute atomic E-state index is 14.7. The van der Waals surface area contributed by atoms with Crippen LogP contribution < -0.4 is 10.6 Å². The summed E-state index contributed by atoms with van der Waals surface area (Å²) in [6.07, 6.45) is 10.0. The van der Waals surface area contributed by atoms with Gasteiger partial charge in [0, 0.05) is 38.0 Å². The number of halogens is 1. The molecule has 1 aromatic heterocycles. The highest BCUT2D eigenvalue weighted by Gasteiger charge is 2.54. The molecule has 5 atom stereocenters. The fraction of sp³-hybridized carbons (Fsp3) is 0.594. The average molecular weight is 549 g/mol. The molecule has 0 bridgehead atoms. The molecule has 39 heavy (non-hydrogen) atoms. The number of hydrogen-bond donors (Lipinski definition) is 2. The molecular weight excluding hydrogens is 508 g/mol. The van der Waals surface area contributed by atoms with E-state index in [0.717, 1.165) is 50.0 Å². The number of carbonyl (C=O) groups is 2. The van der Waals surface area contributed by atoms with Crippen molar-refractivity contribution in [1.29, 1.82) is 0 Å². The van der Waals surface area contributed by atoms with Crippen LogP contribution >= 0.6 is 11.6 Å². The third-order valence-electron chi connectivity index (χ3n) is 10.2. The monoisotopic (exact) mass is 548 g/mol. The van der Waals surface area contributed by atoms with Gasteiger partial charge in [-0.3, -0.25) is 9.59 Å². The molecule has 208 valence electrons. The van der Waals surface area contributed by atoms with E-state index in [1.54, 1.807) is 6.92 Å². The van der Waals surface area contributed by atoms with Crippen molar-refractivity contribution in [3.63, 3.8) is 0 Å². The van der Waals surface area contributed by atoms with E-state index >= 15 is 0 Å². The highest BCUT2D eigenvalue weighted by atomic mass is 35.5. The number of nitrogens with zero attached hydrogens (tertiary/aromatic N) is 2. The van der Waals surface area contributed by atoms with E-state index in [-0.39, 0.29) is 23.3 Å². The van der Waals surface area contributed by atoms with Crippen LogP contribution in [0.4, 0.5) is 0 Å². The first-order valence-electron chi connectivity index (χ1n) is 15.0. The number of piperidine rings is 1. The lowest BCUT2D eigenvalue weighted by molar-refractivity contribution is -0.143. The number of aromatic nitrogens is 1. The third-order valence-corrected chi connectivity index (χ3v) is 10.4. The van der Waals surface area contributed by atoms with Gasteiger partial charge >= 0.3 is 0 Å². The van der Waals surface area contributed by atoms with Crippen molar-refractivity contribution >= 4 is 23.4 Å². The van der Waals surface area contributed by atoms with Crippen molar-refractivity contribution in [2.24, 2.45) is 11.8 Å². The molecular formula is C32H41ClN4O2. The molecule has 2 aliphatic heterocycles. The molecule has 6 nitrogen and oxygen atoms in total. The summed E-state index contributed by atoms with van der Waals surface area (Å²) in [6, 6.07) is 14.9. The molecule has 2 saturated heterocycles. The van der Waals surface area contributed by atoms with Gasteiger partial charge < -0.3 is 15.5 Å². The average Bonchev–Trinajstić information content (AvgIpc) is 3.39. The molecule has 0 radical (unpaired) electrons. The molecule has 2 aliphatic carbocycles. The summed E-state index contributed by atoms with van der Waals surface area (Å²) in [5, 5.41) is 7.10. The van der Waals surface area contributed by atoms with Gasteiger partial charge in [-0.05, 0) is 67.6 Å². The molecule has 3 heterocycles. The second-order valence-corrected chi connectivity index (χ2v) is 12.7. The third kappa shape index (κ3) is 5.11. The van der Waals surface area contributed by atoms with Crippen molar-refractivity contribution in [3.05, 3.63) is 64.4 Å². The van der Waals surface area contributed by atoms with E-state index in [2.05, 4.69) is 51.9 Å². The zero-order chi connectivity index (χ0) is 27.0. The Morgan fingerprint density at radius 2 is 1.85 bits per heavy atom. The Morgan fingerprint density at radius 3 is 2.62 bits per heavy atom. The van der Waals surface area contributed by atoms with E-state index in [0.29, 0.717) is 35.5 Å². The Kier molecular flexibility index (Phi) is 7.69. The van der Waals surface area contributed by atoms with E-state index in [9.17, 15) is 9.59 Å². The van der Waals surface area contributed by atoms with Crippen molar-refractivity contribution in [2.75, 3.05) is 19.6 Å². The summed E-state index contributed by atoms with van der Waals surface area (Å²) in [6.45, 7) is 3.80. The van der Waals surface area contributed by atoms with Crippen LogP contribution in [0.1, 0.15) is 93.5 Å². The van der Waals surface area contributed by atoms with Crippen LogP contribution in [0, 0.1) is 11.8 Å². The van der Waals surface area contributed by atoms with E-state index < -0.39 is 0 Å². The topological polar surface area (TPSA) is 74.3 Å². The van der Waals surface area contributed by atoms with Crippen molar-refractivity contribution < 1.29 is 9.59 Å². The van der Waals surface area contributed by atoms with Gasteiger partial charge in [-0.25, -0.2) is 4.98 Å². The maximum atomic E-state index is 14.7.